The van der Waals surface area contributed by atoms with Crippen LogP contribution in [0.5, 0.6) is 0 Å². The van der Waals surface area contributed by atoms with Gasteiger partial charge in [0.15, 0.2) is 0 Å². The van der Waals surface area contributed by atoms with Gasteiger partial charge >= 0.3 is 11.9 Å². The predicted octanol–water partition coefficient (Wildman–Crippen LogP) is 3.03. The summed E-state index contributed by atoms with van der Waals surface area (Å²) in [6.07, 6.45) is 3.76. The number of methoxy groups -OCH3 is 1. The van der Waals surface area contributed by atoms with Crippen LogP contribution >= 0.6 is 0 Å². The van der Waals surface area contributed by atoms with Crippen LogP contribution in [0.3, 0.4) is 0 Å². The molecule has 0 rings (SSSR count). The number of allylic oxidation sites excluding steroid dienone is 1. The first kappa shape index (κ1) is 18.8. The number of esters is 2. The molecule has 0 aromatic heterocycles. The molecular weight excluding hydrogens is 232 g/mol. The van der Waals surface area contributed by atoms with Crippen molar-refractivity contribution in [3.63, 3.8) is 0 Å². The van der Waals surface area contributed by atoms with Crippen molar-refractivity contribution < 1.29 is 19.1 Å². The highest BCUT2D eigenvalue weighted by Crippen LogP contribution is 1.97. The zero-order valence-electron chi connectivity index (χ0n) is 12.0. The zero-order chi connectivity index (χ0) is 14.6. The lowest BCUT2D eigenvalue weighted by Gasteiger charge is -2.02. The molecule has 0 bridgehead atoms. The summed E-state index contributed by atoms with van der Waals surface area (Å²) < 4.78 is 9.20. The molecule has 0 aliphatic rings. The summed E-state index contributed by atoms with van der Waals surface area (Å²) >= 11 is 0. The van der Waals surface area contributed by atoms with E-state index in [-0.39, 0.29) is 11.9 Å². The van der Waals surface area contributed by atoms with Gasteiger partial charge in [0, 0.05) is 11.1 Å². The molecule has 0 radical (unpaired) electrons. The number of carbonyl (C=O) groups is 2. The van der Waals surface area contributed by atoms with E-state index < -0.39 is 0 Å². The van der Waals surface area contributed by atoms with Crippen molar-refractivity contribution >= 4 is 11.9 Å². The SMILES string of the molecule is C=C(C)C(=O)OC.CC=C(C)C(=O)OCCCC. The maximum Gasteiger partial charge on any atom is 0.333 e. The van der Waals surface area contributed by atoms with Gasteiger partial charge in [-0.15, -0.1) is 0 Å². The van der Waals surface area contributed by atoms with Crippen molar-refractivity contribution in [3.05, 3.63) is 23.8 Å². The molecule has 0 aliphatic carbocycles. The molecule has 0 unspecified atom stereocenters. The topological polar surface area (TPSA) is 52.6 Å². The highest BCUT2D eigenvalue weighted by Gasteiger charge is 2.02. The van der Waals surface area contributed by atoms with Crippen molar-refractivity contribution in [1.29, 1.82) is 0 Å². The highest BCUT2D eigenvalue weighted by molar-refractivity contribution is 5.87. The van der Waals surface area contributed by atoms with E-state index in [2.05, 4.69) is 18.2 Å². The van der Waals surface area contributed by atoms with Crippen LogP contribution in [0, 0.1) is 0 Å². The molecular formula is C14H24O4. The number of ether oxygens (including phenoxy) is 2. The Kier molecular flexibility index (Phi) is 12.4. The van der Waals surface area contributed by atoms with Gasteiger partial charge in [0.05, 0.1) is 13.7 Å². The normalized spacial score (nSPS) is 9.94. The summed E-state index contributed by atoms with van der Waals surface area (Å²) in [6, 6.07) is 0. The van der Waals surface area contributed by atoms with Crippen LogP contribution in [-0.2, 0) is 19.1 Å². The second kappa shape index (κ2) is 11.9. The Hall–Kier alpha value is -1.58. The van der Waals surface area contributed by atoms with Gasteiger partial charge in [0.2, 0.25) is 0 Å². The fraction of sp³-hybridized carbons (Fsp3) is 0.571. The molecule has 0 saturated carbocycles. The van der Waals surface area contributed by atoms with Crippen LogP contribution < -0.4 is 0 Å². The van der Waals surface area contributed by atoms with E-state index in [1.54, 1.807) is 19.9 Å². The molecule has 0 aliphatic heterocycles. The lowest BCUT2D eigenvalue weighted by Crippen LogP contribution is -2.06. The number of carbonyl (C=O) groups excluding carboxylic acids is 2. The highest BCUT2D eigenvalue weighted by atomic mass is 16.5. The van der Waals surface area contributed by atoms with Crippen molar-refractivity contribution in [2.45, 2.75) is 40.5 Å². The standard InChI is InChI=1S/C9H16O2.C5H8O2/c1-4-6-7-11-9(10)8(3)5-2;1-4(2)5(6)7-3/h5H,4,6-7H2,1-3H3;1H2,2-3H3. The van der Waals surface area contributed by atoms with E-state index in [1.807, 2.05) is 6.92 Å². The van der Waals surface area contributed by atoms with Gasteiger partial charge in [-0.3, -0.25) is 0 Å². The molecule has 4 heteroatoms. The number of rotatable bonds is 5. The summed E-state index contributed by atoms with van der Waals surface area (Å²) in [7, 11) is 1.33. The molecule has 18 heavy (non-hydrogen) atoms. The quantitative estimate of drug-likeness (QED) is 0.431. The van der Waals surface area contributed by atoms with Gasteiger partial charge in [0.1, 0.15) is 0 Å². The van der Waals surface area contributed by atoms with Gasteiger partial charge in [-0.2, -0.15) is 0 Å². The Morgan fingerprint density at radius 2 is 1.78 bits per heavy atom. The van der Waals surface area contributed by atoms with Crippen LogP contribution in [0.25, 0.3) is 0 Å². The molecule has 0 atom stereocenters. The van der Waals surface area contributed by atoms with Gasteiger partial charge < -0.3 is 9.47 Å². The molecule has 0 saturated heterocycles. The van der Waals surface area contributed by atoms with Crippen LogP contribution in [0.2, 0.25) is 0 Å². The maximum absolute atomic E-state index is 11.0. The van der Waals surface area contributed by atoms with E-state index in [0.29, 0.717) is 17.8 Å². The van der Waals surface area contributed by atoms with Crippen molar-refractivity contribution in [3.8, 4) is 0 Å². The third kappa shape index (κ3) is 10.9. The van der Waals surface area contributed by atoms with Gasteiger partial charge in [-0.05, 0) is 27.2 Å². The largest absolute Gasteiger partial charge is 0.466 e. The summed E-state index contributed by atoms with van der Waals surface area (Å²) in [5, 5.41) is 0. The van der Waals surface area contributed by atoms with Gasteiger partial charge in [0.25, 0.3) is 0 Å². The van der Waals surface area contributed by atoms with Crippen LogP contribution in [0.4, 0.5) is 0 Å². The monoisotopic (exact) mass is 256 g/mol. The minimum Gasteiger partial charge on any atom is -0.466 e. The fourth-order valence-corrected chi connectivity index (χ4v) is 0.715. The molecule has 104 valence electrons. The number of unbranched alkanes of at least 4 members (excludes halogenated alkanes) is 1. The summed E-state index contributed by atoms with van der Waals surface area (Å²) in [6.45, 7) is 11.2. The van der Waals surface area contributed by atoms with Crippen molar-refractivity contribution in [2.24, 2.45) is 0 Å². The van der Waals surface area contributed by atoms with E-state index in [0.717, 1.165) is 12.8 Å². The second-order valence-corrected chi connectivity index (χ2v) is 3.73. The predicted molar refractivity (Wildman–Crippen MR) is 72.1 cm³/mol. The van der Waals surface area contributed by atoms with E-state index in [9.17, 15) is 9.59 Å². The number of hydrogen-bond acceptors (Lipinski definition) is 4. The summed E-state index contributed by atoms with van der Waals surface area (Å²) in [5.41, 5.74) is 1.11. The Morgan fingerprint density at radius 1 is 1.22 bits per heavy atom. The molecule has 4 nitrogen and oxygen atoms in total. The summed E-state index contributed by atoms with van der Waals surface area (Å²) in [4.78, 5) is 21.1. The molecule has 0 heterocycles. The lowest BCUT2D eigenvalue weighted by atomic mass is 10.3. The molecule has 0 spiro atoms. The Bertz CT molecular complexity index is 303. The average Bonchev–Trinajstić information content (AvgIpc) is 2.37. The Balaban J connectivity index is 0. The van der Waals surface area contributed by atoms with E-state index >= 15 is 0 Å². The zero-order valence-corrected chi connectivity index (χ0v) is 12.0. The molecule has 0 amide bonds. The smallest absolute Gasteiger partial charge is 0.333 e. The third-order valence-corrected chi connectivity index (χ3v) is 2.02. The molecule has 0 aromatic rings. The Labute approximate surface area is 110 Å². The average molecular weight is 256 g/mol. The minimum absolute atomic E-state index is 0.194. The van der Waals surface area contributed by atoms with Crippen LogP contribution in [0.1, 0.15) is 40.5 Å². The first-order valence-electron chi connectivity index (χ1n) is 5.94. The van der Waals surface area contributed by atoms with Crippen LogP contribution in [-0.4, -0.2) is 25.7 Å². The third-order valence-electron chi connectivity index (χ3n) is 2.02. The minimum atomic E-state index is -0.347. The summed E-state index contributed by atoms with van der Waals surface area (Å²) in [5.74, 6) is -0.541. The van der Waals surface area contributed by atoms with Crippen LogP contribution in [0.15, 0.2) is 23.8 Å². The first-order chi connectivity index (χ1) is 8.40. The second-order valence-electron chi connectivity index (χ2n) is 3.73. The molecule has 0 N–H and O–H groups in total. The maximum atomic E-state index is 11.0. The molecule has 0 aromatic carbocycles. The van der Waals surface area contributed by atoms with Crippen molar-refractivity contribution in [1.82, 2.24) is 0 Å². The number of hydrogen-bond donors (Lipinski definition) is 0. The fourth-order valence-electron chi connectivity index (χ4n) is 0.715. The van der Waals surface area contributed by atoms with E-state index in [4.69, 9.17) is 4.74 Å². The first-order valence-corrected chi connectivity index (χ1v) is 5.94. The van der Waals surface area contributed by atoms with Crippen molar-refractivity contribution in [2.75, 3.05) is 13.7 Å². The lowest BCUT2D eigenvalue weighted by molar-refractivity contribution is -0.139. The van der Waals surface area contributed by atoms with Gasteiger partial charge in [-0.1, -0.05) is 26.0 Å². The van der Waals surface area contributed by atoms with Gasteiger partial charge in [-0.25, -0.2) is 9.59 Å². The molecule has 0 fully saturated rings. The van der Waals surface area contributed by atoms with E-state index in [1.165, 1.54) is 7.11 Å². The Morgan fingerprint density at radius 3 is 2.06 bits per heavy atom.